The number of hydrogen-bond donors (Lipinski definition) is 0. The van der Waals surface area contributed by atoms with Crippen LogP contribution >= 0.6 is 0 Å². The van der Waals surface area contributed by atoms with Gasteiger partial charge in [-0.05, 0) is 12.1 Å². The smallest absolute Gasteiger partial charge is 0.298 e. The van der Waals surface area contributed by atoms with Gasteiger partial charge in [-0.3, -0.25) is 9.71 Å². The Morgan fingerprint density at radius 3 is 2.17 bits per heavy atom. The fourth-order valence-corrected chi connectivity index (χ4v) is 0.555. The lowest BCUT2D eigenvalue weighted by molar-refractivity contribution is -0.120. The van der Waals surface area contributed by atoms with Crippen LogP contribution in [0.25, 0.3) is 16.0 Å². The van der Waals surface area contributed by atoms with Gasteiger partial charge in [-0.25, -0.2) is 0 Å². The molecule has 0 bridgehead atoms. The third kappa shape index (κ3) is 4.84. The standard InChI is InChI=1S/C7H6O2.N3/c8-6-9-7-4-2-1-3-5-7;1-3-2/h1-6H;/q;-1. The fraction of sp³-hybridized carbons (Fsp3) is 0. The maximum Gasteiger partial charge on any atom is 0.298 e. The molecule has 0 fully saturated rings. The molecule has 0 saturated carbocycles. The number of rotatable bonds is 2. The molecule has 0 aliphatic heterocycles. The number of carbonyl (C=O) groups excluding carboxylic acids is 1. The zero-order chi connectivity index (χ0) is 9.23. The van der Waals surface area contributed by atoms with Crippen molar-refractivity contribution < 1.29 is 9.53 Å². The first-order valence-electron chi connectivity index (χ1n) is 2.99. The van der Waals surface area contributed by atoms with Crippen LogP contribution in [-0.4, -0.2) is 6.47 Å². The third-order valence-corrected chi connectivity index (χ3v) is 0.927. The van der Waals surface area contributed by atoms with E-state index in [9.17, 15) is 4.79 Å². The lowest BCUT2D eigenvalue weighted by atomic mass is 10.3. The first-order valence-corrected chi connectivity index (χ1v) is 2.99. The Bertz CT molecular complexity index is 255. The van der Waals surface area contributed by atoms with E-state index in [1.807, 2.05) is 6.07 Å². The van der Waals surface area contributed by atoms with Crippen molar-refractivity contribution >= 4 is 6.47 Å². The number of hydrogen-bond acceptors (Lipinski definition) is 2. The molecular formula is C7H6N3O2-. The summed E-state index contributed by atoms with van der Waals surface area (Å²) in [6.07, 6.45) is 0. The number of benzene rings is 1. The summed E-state index contributed by atoms with van der Waals surface area (Å²) in [5.41, 5.74) is 13.5. The Hall–Kier alpha value is -2.00. The van der Waals surface area contributed by atoms with Gasteiger partial charge in [0.15, 0.2) is 0 Å². The molecule has 0 heterocycles. The van der Waals surface area contributed by atoms with E-state index in [0.29, 0.717) is 12.2 Å². The minimum absolute atomic E-state index is 0.412. The van der Waals surface area contributed by atoms with Gasteiger partial charge in [-0.1, -0.05) is 18.2 Å². The number of nitrogens with zero attached hydrogens (tertiary/aromatic N) is 3. The molecule has 1 aromatic carbocycles. The lowest BCUT2D eigenvalue weighted by Gasteiger charge is -1.92. The average Bonchev–Trinajstić information content (AvgIpc) is 2.08. The summed E-state index contributed by atoms with van der Waals surface area (Å²) in [4.78, 5) is 11.3. The highest BCUT2D eigenvalue weighted by Gasteiger charge is 1.84. The number of para-hydroxylation sites is 1. The van der Waals surface area contributed by atoms with Gasteiger partial charge in [0.25, 0.3) is 6.47 Å². The molecule has 0 atom stereocenters. The molecule has 5 heteroatoms. The second kappa shape index (κ2) is 7.11. The minimum Gasteiger partial charge on any atom is -0.429 e. The normalized spacial score (nSPS) is 7.00. The Morgan fingerprint density at radius 1 is 1.25 bits per heavy atom. The van der Waals surface area contributed by atoms with Crippen molar-refractivity contribution in [3.63, 3.8) is 0 Å². The molecule has 0 aliphatic carbocycles. The molecule has 0 radical (unpaired) electrons. The Balaban J connectivity index is 0.000000354. The van der Waals surface area contributed by atoms with Gasteiger partial charge in [0, 0.05) is 0 Å². The van der Waals surface area contributed by atoms with Gasteiger partial charge in [-0.2, -0.15) is 0 Å². The molecular weight excluding hydrogens is 158 g/mol. The molecule has 5 nitrogen and oxygen atoms in total. The van der Waals surface area contributed by atoms with E-state index in [2.05, 4.69) is 4.74 Å². The Labute approximate surface area is 69.0 Å². The van der Waals surface area contributed by atoms with Gasteiger partial charge in [0.05, 0.1) is 0 Å². The van der Waals surface area contributed by atoms with Crippen LogP contribution in [0.15, 0.2) is 30.3 Å². The van der Waals surface area contributed by atoms with E-state index >= 15 is 0 Å². The zero-order valence-corrected chi connectivity index (χ0v) is 6.12. The van der Waals surface area contributed by atoms with Crippen molar-refractivity contribution in [3.05, 3.63) is 46.3 Å². The van der Waals surface area contributed by atoms with Crippen molar-refractivity contribution in [2.75, 3.05) is 0 Å². The number of ether oxygens (including phenoxy) is 1. The van der Waals surface area contributed by atoms with Crippen LogP contribution in [-0.2, 0) is 4.79 Å². The summed E-state index contributed by atoms with van der Waals surface area (Å²) in [5.74, 6) is 0.576. The summed E-state index contributed by atoms with van der Waals surface area (Å²) in [5, 5.41) is 0. The zero-order valence-electron chi connectivity index (χ0n) is 6.12. The van der Waals surface area contributed by atoms with Crippen LogP contribution in [0, 0.1) is 0 Å². The van der Waals surface area contributed by atoms with E-state index in [0.717, 1.165) is 0 Å². The van der Waals surface area contributed by atoms with Crippen molar-refractivity contribution in [2.45, 2.75) is 0 Å². The predicted molar refractivity (Wildman–Crippen MR) is 43.2 cm³/mol. The Morgan fingerprint density at radius 2 is 1.75 bits per heavy atom. The summed E-state index contributed by atoms with van der Waals surface area (Å²) in [7, 11) is 0. The second-order valence-electron chi connectivity index (χ2n) is 1.62. The van der Waals surface area contributed by atoms with Gasteiger partial charge in [-0.15, -0.1) is 0 Å². The topological polar surface area (TPSA) is 85.0 Å². The third-order valence-electron chi connectivity index (χ3n) is 0.927. The SMILES string of the molecule is O=COc1ccccc1.[N-]=[N+]=[N-]. The molecule has 0 unspecified atom stereocenters. The van der Waals surface area contributed by atoms with Crippen LogP contribution < -0.4 is 4.74 Å². The molecule has 1 rings (SSSR count). The van der Waals surface area contributed by atoms with Crippen LogP contribution in [0.5, 0.6) is 5.75 Å². The number of carbonyl (C=O) groups is 1. The first kappa shape index (κ1) is 10.0. The molecule has 62 valence electrons. The minimum atomic E-state index is 0.412. The van der Waals surface area contributed by atoms with Crippen LogP contribution in [0.2, 0.25) is 0 Å². The fourth-order valence-electron chi connectivity index (χ4n) is 0.555. The summed E-state index contributed by atoms with van der Waals surface area (Å²) < 4.78 is 4.53. The van der Waals surface area contributed by atoms with Crippen LogP contribution in [0.4, 0.5) is 0 Å². The van der Waals surface area contributed by atoms with Gasteiger partial charge in [0.2, 0.25) is 0 Å². The van der Waals surface area contributed by atoms with Gasteiger partial charge in [0.1, 0.15) is 5.75 Å². The molecule has 0 spiro atoms. The maximum absolute atomic E-state index is 9.75. The van der Waals surface area contributed by atoms with Gasteiger partial charge < -0.3 is 15.8 Å². The van der Waals surface area contributed by atoms with E-state index in [1.54, 1.807) is 24.3 Å². The van der Waals surface area contributed by atoms with Crippen LogP contribution in [0.1, 0.15) is 0 Å². The monoisotopic (exact) mass is 164 g/mol. The second-order valence-corrected chi connectivity index (χ2v) is 1.62. The van der Waals surface area contributed by atoms with E-state index in [-0.39, 0.29) is 0 Å². The Kier molecular flexibility index (Phi) is 5.93. The van der Waals surface area contributed by atoms with Crippen molar-refractivity contribution in [1.29, 1.82) is 0 Å². The van der Waals surface area contributed by atoms with E-state index in [4.69, 9.17) is 11.1 Å². The molecule has 0 aliphatic rings. The summed E-state index contributed by atoms with van der Waals surface area (Å²) in [6, 6.07) is 8.90. The van der Waals surface area contributed by atoms with Crippen molar-refractivity contribution in [3.8, 4) is 5.75 Å². The van der Waals surface area contributed by atoms with Crippen LogP contribution in [0.3, 0.4) is 0 Å². The maximum atomic E-state index is 9.75. The lowest BCUT2D eigenvalue weighted by Crippen LogP contribution is -1.85. The summed E-state index contributed by atoms with van der Waals surface area (Å²) >= 11 is 0. The first-order chi connectivity index (χ1) is 5.85. The molecule has 12 heavy (non-hydrogen) atoms. The van der Waals surface area contributed by atoms with Crippen molar-refractivity contribution in [1.82, 2.24) is 0 Å². The highest BCUT2D eigenvalue weighted by atomic mass is 16.5. The highest BCUT2D eigenvalue weighted by molar-refractivity contribution is 5.44. The van der Waals surface area contributed by atoms with E-state index in [1.165, 1.54) is 4.91 Å². The van der Waals surface area contributed by atoms with Crippen molar-refractivity contribution in [2.24, 2.45) is 0 Å². The molecule has 0 N–H and O–H groups in total. The molecule has 0 aromatic heterocycles. The average molecular weight is 164 g/mol. The molecule has 0 saturated heterocycles. The largest absolute Gasteiger partial charge is 0.429 e. The quantitative estimate of drug-likeness (QED) is 0.290. The summed E-state index contributed by atoms with van der Waals surface area (Å²) in [6.45, 7) is 0.412. The van der Waals surface area contributed by atoms with E-state index < -0.39 is 0 Å². The highest BCUT2D eigenvalue weighted by Crippen LogP contribution is 2.05. The van der Waals surface area contributed by atoms with Gasteiger partial charge >= 0.3 is 0 Å². The predicted octanol–water partition coefficient (Wildman–Crippen LogP) is 2.09. The molecule has 0 amide bonds. The molecule has 1 aromatic rings.